The molecule has 0 bridgehead atoms. The topological polar surface area (TPSA) is 50.1 Å². The van der Waals surface area contributed by atoms with Gasteiger partial charge in [0.15, 0.2) is 0 Å². The maximum atomic E-state index is 12.0. The van der Waals surface area contributed by atoms with Crippen molar-refractivity contribution in [2.75, 3.05) is 7.11 Å². The molecule has 0 saturated heterocycles. The fourth-order valence-electron chi connectivity index (χ4n) is 1.06. The summed E-state index contributed by atoms with van der Waals surface area (Å²) in [6, 6.07) is 6.90. The number of hydrogen-bond donors (Lipinski definition) is 1. The van der Waals surface area contributed by atoms with Crippen LogP contribution in [0.25, 0.3) is 0 Å². The lowest BCUT2D eigenvalue weighted by Gasteiger charge is -2.11. The Balaban J connectivity index is 3.20. The highest BCUT2D eigenvalue weighted by molar-refractivity contribution is 7.93. The molecule has 1 unspecified atom stereocenters. The highest BCUT2D eigenvalue weighted by atomic mass is 32.2. The van der Waals surface area contributed by atoms with Crippen LogP contribution in [0.1, 0.15) is 13.8 Å². The molecule has 3 nitrogen and oxygen atoms in total. The molecular formula is C10H15NO2S. The third-order valence-corrected chi connectivity index (χ3v) is 4.34. The Hall–Kier alpha value is -1.03. The predicted octanol–water partition coefficient (Wildman–Crippen LogP) is 2.51. The van der Waals surface area contributed by atoms with Crippen molar-refractivity contribution < 1.29 is 8.95 Å². The van der Waals surface area contributed by atoms with Crippen LogP contribution in [0, 0.1) is 4.78 Å². The molecule has 0 aliphatic rings. The lowest BCUT2D eigenvalue weighted by Crippen LogP contribution is -2.12. The monoisotopic (exact) mass is 213 g/mol. The SMILES string of the molecule is COc1cccc(S(=N)(=O)C(C)C)c1. The van der Waals surface area contributed by atoms with Gasteiger partial charge in [0, 0.05) is 5.25 Å². The Morgan fingerprint density at radius 2 is 2.07 bits per heavy atom. The van der Waals surface area contributed by atoms with E-state index in [4.69, 9.17) is 9.52 Å². The average Bonchev–Trinajstić information content (AvgIpc) is 2.17. The van der Waals surface area contributed by atoms with Crippen LogP contribution in [0.5, 0.6) is 5.75 Å². The van der Waals surface area contributed by atoms with Crippen LogP contribution in [0.2, 0.25) is 0 Å². The third kappa shape index (κ3) is 2.07. The minimum atomic E-state index is -2.69. The van der Waals surface area contributed by atoms with Gasteiger partial charge in [0.05, 0.1) is 21.7 Å². The van der Waals surface area contributed by atoms with E-state index in [0.717, 1.165) is 0 Å². The molecule has 0 heterocycles. The number of methoxy groups -OCH3 is 1. The molecule has 0 aromatic heterocycles. The summed E-state index contributed by atoms with van der Waals surface area (Å²) in [6.45, 7) is 3.57. The van der Waals surface area contributed by atoms with Crippen molar-refractivity contribution in [1.82, 2.24) is 0 Å². The summed E-state index contributed by atoms with van der Waals surface area (Å²) in [6.07, 6.45) is 0. The van der Waals surface area contributed by atoms with Gasteiger partial charge >= 0.3 is 0 Å². The zero-order chi connectivity index (χ0) is 10.8. The Bertz CT molecular complexity index is 410. The fraction of sp³-hybridized carbons (Fsp3) is 0.400. The minimum absolute atomic E-state index is 0.186. The molecule has 0 amide bonds. The van der Waals surface area contributed by atoms with Crippen molar-refractivity contribution >= 4 is 9.73 Å². The van der Waals surface area contributed by atoms with Gasteiger partial charge in [-0.05, 0) is 32.0 Å². The Labute approximate surface area is 85.1 Å². The summed E-state index contributed by atoms with van der Waals surface area (Å²) in [5, 5.41) is -0.186. The van der Waals surface area contributed by atoms with Crippen LogP contribution < -0.4 is 4.74 Å². The van der Waals surface area contributed by atoms with Gasteiger partial charge in [0.25, 0.3) is 0 Å². The quantitative estimate of drug-likeness (QED) is 0.838. The smallest absolute Gasteiger partial charge is 0.120 e. The van der Waals surface area contributed by atoms with E-state index >= 15 is 0 Å². The van der Waals surface area contributed by atoms with Crippen molar-refractivity contribution in [3.63, 3.8) is 0 Å². The van der Waals surface area contributed by atoms with E-state index in [1.54, 1.807) is 45.2 Å². The van der Waals surface area contributed by atoms with Gasteiger partial charge in [-0.25, -0.2) is 8.99 Å². The standard InChI is InChI=1S/C10H15NO2S/c1-8(2)14(11,12)10-6-4-5-9(7-10)13-3/h4-8,11H,1-3H3. The predicted molar refractivity (Wildman–Crippen MR) is 57.3 cm³/mol. The summed E-state index contributed by atoms with van der Waals surface area (Å²) >= 11 is 0. The fourth-order valence-corrected chi connectivity index (χ4v) is 2.18. The lowest BCUT2D eigenvalue weighted by atomic mass is 10.3. The van der Waals surface area contributed by atoms with Crippen LogP contribution in [0.3, 0.4) is 0 Å². The molecular weight excluding hydrogens is 198 g/mol. The molecule has 4 heteroatoms. The van der Waals surface area contributed by atoms with E-state index < -0.39 is 9.73 Å². The van der Waals surface area contributed by atoms with E-state index in [9.17, 15) is 4.21 Å². The summed E-state index contributed by atoms with van der Waals surface area (Å²) in [7, 11) is -1.13. The second-order valence-corrected chi connectivity index (χ2v) is 5.94. The number of rotatable bonds is 3. The first-order valence-corrected chi connectivity index (χ1v) is 6.02. The largest absolute Gasteiger partial charge is 0.497 e. The second-order valence-electron chi connectivity index (χ2n) is 3.33. The maximum Gasteiger partial charge on any atom is 0.120 e. The molecule has 14 heavy (non-hydrogen) atoms. The van der Waals surface area contributed by atoms with Crippen LogP contribution in [-0.2, 0) is 9.73 Å². The Kier molecular flexibility index (Phi) is 3.16. The number of ether oxygens (including phenoxy) is 1. The van der Waals surface area contributed by atoms with Gasteiger partial charge in [-0.3, -0.25) is 0 Å². The normalized spacial score (nSPS) is 15.1. The molecule has 0 saturated carbocycles. The molecule has 0 aliphatic carbocycles. The van der Waals surface area contributed by atoms with Gasteiger partial charge in [-0.15, -0.1) is 0 Å². The number of nitrogens with one attached hydrogen (secondary N) is 1. The Morgan fingerprint density at radius 1 is 1.43 bits per heavy atom. The van der Waals surface area contributed by atoms with Gasteiger partial charge in [-0.1, -0.05) is 6.07 Å². The van der Waals surface area contributed by atoms with Crippen molar-refractivity contribution in [2.45, 2.75) is 24.0 Å². The first-order chi connectivity index (χ1) is 6.48. The van der Waals surface area contributed by atoms with Crippen LogP contribution in [0.15, 0.2) is 29.2 Å². The van der Waals surface area contributed by atoms with Gasteiger partial charge in [0.2, 0.25) is 0 Å². The van der Waals surface area contributed by atoms with E-state index in [-0.39, 0.29) is 5.25 Å². The van der Waals surface area contributed by atoms with E-state index in [0.29, 0.717) is 10.6 Å². The van der Waals surface area contributed by atoms with Gasteiger partial charge in [0.1, 0.15) is 5.75 Å². The van der Waals surface area contributed by atoms with Crippen molar-refractivity contribution in [3.05, 3.63) is 24.3 Å². The van der Waals surface area contributed by atoms with Crippen molar-refractivity contribution in [1.29, 1.82) is 4.78 Å². The van der Waals surface area contributed by atoms with E-state index in [1.807, 2.05) is 0 Å². The molecule has 1 rings (SSSR count). The zero-order valence-corrected chi connectivity index (χ0v) is 9.43. The summed E-state index contributed by atoms with van der Waals surface area (Å²) in [5.74, 6) is 0.642. The minimum Gasteiger partial charge on any atom is -0.497 e. The van der Waals surface area contributed by atoms with Crippen molar-refractivity contribution in [2.24, 2.45) is 0 Å². The molecule has 78 valence electrons. The molecule has 0 fully saturated rings. The average molecular weight is 213 g/mol. The summed E-state index contributed by atoms with van der Waals surface area (Å²) < 4.78 is 24.8. The number of hydrogen-bond acceptors (Lipinski definition) is 3. The molecule has 0 radical (unpaired) electrons. The highest BCUT2D eigenvalue weighted by Crippen LogP contribution is 2.21. The first kappa shape index (κ1) is 11.0. The molecule has 1 N–H and O–H groups in total. The maximum absolute atomic E-state index is 12.0. The molecule has 1 aromatic carbocycles. The third-order valence-electron chi connectivity index (χ3n) is 2.06. The zero-order valence-electron chi connectivity index (χ0n) is 8.61. The lowest BCUT2D eigenvalue weighted by molar-refractivity contribution is 0.413. The molecule has 0 aliphatic heterocycles. The molecule has 1 aromatic rings. The van der Waals surface area contributed by atoms with Crippen LogP contribution in [0.4, 0.5) is 0 Å². The van der Waals surface area contributed by atoms with E-state index in [1.165, 1.54) is 0 Å². The number of benzene rings is 1. The summed E-state index contributed by atoms with van der Waals surface area (Å²) in [4.78, 5) is 0.534. The van der Waals surface area contributed by atoms with Crippen LogP contribution in [-0.4, -0.2) is 16.6 Å². The second kappa shape index (κ2) is 4.00. The van der Waals surface area contributed by atoms with Crippen LogP contribution >= 0.6 is 0 Å². The van der Waals surface area contributed by atoms with Crippen molar-refractivity contribution in [3.8, 4) is 5.75 Å². The Morgan fingerprint density at radius 3 is 2.57 bits per heavy atom. The van der Waals surface area contributed by atoms with Gasteiger partial charge < -0.3 is 4.74 Å². The highest BCUT2D eigenvalue weighted by Gasteiger charge is 2.14. The molecule has 1 atom stereocenters. The first-order valence-electron chi connectivity index (χ1n) is 4.40. The van der Waals surface area contributed by atoms with Gasteiger partial charge in [-0.2, -0.15) is 0 Å². The van der Waals surface area contributed by atoms with E-state index in [2.05, 4.69) is 0 Å². The summed E-state index contributed by atoms with van der Waals surface area (Å²) in [5.41, 5.74) is 0. The molecule has 0 spiro atoms.